The Balaban J connectivity index is 1.38. The van der Waals surface area contributed by atoms with Gasteiger partial charge in [-0.25, -0.2) is 0 Å². The van der Waals surface area contributed by atoms with Crippen LogP contribution in [0.15, 0.2) is 0 Å². The van der Waals surface area contributed by atoms with Crippen molar-refractivity contribution in [2.75, 3.05) is 13.2 Å². The van der Waals surface area contributed by atoms with E-state index < -0.39 is 11.0 Å². The molecule has 3 aliphatic rings. The summed E-state index contributed by atoms with van der Waals surface area (Å²) in [5.74, 6) is -0.410. The number of ether oxygens (including phenoxy) is 3. The van der Waals surface area contributed by atoms with Crippen LogP contribution in [0, 0.1) is 17.3 Å². The molecule has 0 bridgehead atoms. The molecule has 1 N–H and O–H groups in total. The van der Waals surface area contributed by atoms with Gasteiger partial charge in [0.25, 0.3) is 0 Å². The quantitative estimate of drug-likeness (QED) is 0.561. The summed E-state index contributed by atoms with van der Waals surface area (Å²) in [6, 6.07) is 0. The molecule has 27 heavy (non-hydrogen) atoms. The summed E-state index contributed by atoms with van der Waals surface area (Å²) in [6.45, 7) is 7.84. The van der Waals surface area contributed by atoms with Crippen LogP contribution in [-0.4, -0.2) is 47.6 Å². The first-order valence-corrected chi connectivity index (χ1v) is 10.2. The number of hydrogen-bond donors (Lipinski definition) is 1. The molecule has 2 saturated carbocycles. The van der Waals surface area contributed by atoms with Crippen molar-refractivity contribution in [2.24, 2.45) is 17.3 Å². The van der Waals surface area contributed by atoms with Crippen molar-refractivity contribution < 1.29 is 28.9 Å². The lowest BCUT2D eigenvalue weighted by Crippen LogP contribution is -2.37. The molecule has 0 spiro atoms. The van der Waals surface area contributed by atoms with Crippen LogP contribution < -0.4 is 0 Å². The molecule has 0 radical (unpaired) electrons. The normalized spacial score (nSPS) is 38.6. The highest BCUT2D eigenvalue weighted by Crippen LogP contribution is 2.49. The van der Waals surface area contributed by atoms with Crippen molar-refractivity contribution in [1.82, 2.24) is 0 Å². The van der Waals surface area contributed by atoms with E-state index in [9.17, 15) is 14.7 Å². The minimum Gasteiger partial charge on any atom is -0.465 e. The van der Waals surface area contributed by atoms with E-state index >= 15 is 0 Å². The van der Waals surface area contributed by atoms with E-state index in [2.05, 4.69) is 6.92 Å². The Hall–Kier alpha value is -1.14. The van der Waals surface area contributed by atoms with Crippen molar-refractivity contribution >= 4 is 11.9 Å². The Morgan fingerprint density at radius 3 is 2.41 bits per heavy atom. The summed E-state index contributed by atoms with van der Waals surface area (Å²) < 4.78 is 16.6. The smallest absolute Gasteiger partial charge is 0.314 e. The molecule has 3 rings (SSSR count). The Labute approximate surface area is 161 Å². The van der Waals surface area contributed by atoms with E-state index in [4.69, 9.17) is 14.2 Å². The van der Waals surface area contributed by atoms with E-state index in [0.29, 0.717) is 18.9 Å². The van der Waals surface area contributed by atoms with E-state index in [1.54, 1.807) is 13.8 Å². The molecule has 0 aromatic heterocycles. The van der Waals surface area contributed by atoms with Gasteiger partial charge in [0.1, 0.15) is 6.61 Å². The molecule has 0 aromatic carbocycles. The zero-order valence-electron chi connectivity index (χ0n) is 17.1. The lowest BCUT2D eigenvalue weighted by Gasteiger charge is -2.33. The van der Waals surface area contributed by atoms with Gasteiger partial charge in [-0.3, -0.25) is 9.59 Å². The lowest BCUT2D eigenvalue weighted by atomic mass is 9.80. The number of carbonyl (C=O) groups excluding carboxylic acids is 2. The first-order chi connectivity index (χ1) is 12.5. The summed E-state index contributed by atoms with van der Waals surface area (Å²) in [5, 5.41) is 10.00. The summed E-state index contributed by atoms with van der Waals surface area (Å²) in [6.07, 6.45) is 5.75. The highest BCUT2D eigenvalue weighted by Gasteiger charge is 2.56. The van der Waals surface area contributed by atoms with E-state index in [1.807, 2.05) is 6.92 Å². The third kappa shape index (κ3) is 5.02. The number of aliphatic hydroxyl groups is 1. The van der Waals surface area contributed by atoms with Gasteiger partial charge in [-0.2, -0.15) is 0 Å². The van der Waals surface area contributed by atoms with Crippen LogP contribution in [0.5, 0.6) is 0 Å². The average molecular weight is 382 g/mol. The Morgan fingerprint density at radius 2 is 1.78 bits per heavy atom. The SMILES string of the molecule is CC1(O)CCC(COC(=O)C(C)(C)COC(=O)C2CCC3(C)OC3C2)CC1. The fraction of sp³-hybridized carbons (Fsp3) is 0.905. The topological polar surface area (TPSA) is 85.4 Å². The molecule has 1 saturated heterocycles. The second-order valence-corrected chi connectivity index (χ2v) is 9.92. The van der Waals surface area contributed by atoms with Gasteiger partial charge in [0.05, 0.1) is 35.2 Å². The molecule has 6 nitrogen and oxygen atoms in total. The second-order valence-electron chi connectivity index (χ2n) is 9.92. The second kappa shape index (κ2) is 7.36. The Bertz CT molecular complexity index is 573. The average Bonchev–Trinajstić information content (AvgIpc) is 3.29. The molecule has 2 aliphatic carbocycles. The van der Waals surface area contributed by atoms with Crippen LogP contribution in [0.25, 0.3) is 0 Å². The van der Waals surface area contributed by atoms with Crippen LogP contribution in [0.3, 0.4) is 0 Å². The molecule has 0 amide bonds. The Morgan fingerprint density at radius 1 is 1.11 bits per heavy atom. The van der Waals surface area contributed by atoms with E-state index in [1.165, 1.54) is 0 Å². The minimum atomic E-state index is -0.866. The maximum absolute atomic E-state index is 12.4. The summed E-state index contributed by atoms with van der Waals surface area (Å²) in [7, 11) is 0. The molecular weight excluding hydrogens is 348 g/mol. The van der Waals surface area contributed by atoms with Gasteiger partial charge >= 0.3 is 11.9 Å². The molecule has 154 valence electrons. The maximum Gasteiger partial charge on any atom is 0.314 e. The van der Waals surface area contributed by atoms with Crippen molar-refractivity contribution in [3.8, 4) is 0 Å². The van der Waals surface area contributed by atoms with Crippen LogP contribution in [0.2, 0.25) is 0 Å². The predicted octanol–water partition coefficient (Wildman–Crippen LogP) is 3.00. The van der Waals surface area contributed by atoms with Gasteiger partial charge in [-0.1, -0.05) is 0 Å². The van der Waals surface area contributed by atoms with Gasteiger partial charge in [0.2, 0.25) is 0 Å². The third-order valence-corrected chi connectivity index (χ3v) is 6.62. The van der Waals surface area contributed by atoms with Gasteiger partial charge in [0, 0.05) is 0 Å². The van der Waals surface area contributed by atoms with Crippen LogP contribution in [-0.2, 0) is 23.8 Å². The van der Waals surface area contributed by atoms with Crippen LogP contribution >= 0.6 is 0 Å². The monoisotopic (exact) mass is 382 g/mol. The number of fused-ring (bicyclic) bond motifs is 1. The number of epoxide rings is 1. The van der Waals surface area contributed by atoms with Crippen LogP contribution in [0.1, 0.15) is 72.6 Å². The molecule has 3 atom stereocenters. The number of hydrogen-bond acceptors (Lipinski definition) is 6. The molecule has 1 heterocycles. The van der Waals surface area contributed by atoms with Crippen molar-refractivity contribution in [3.05, 3.63) is 0 Å². The molecule has 6 heteroatoms. The molecule has 1 aliphatic heterocycles. The number of esters is 2. The van der Waals surface area contributed by atoms with E-state index in [-0.39, 0.29) is 36.2 Å². The van der Waals surface area contributed by atoms with Crippen molar-refractivity contribution in [1.29, 1.82) is 0 Å². The molecular formula is C21H34O6. The summed E-state index contributed by atoms with van der Waals surface area (Å²) in [5.41, 5.74) is -1.47. The lowest BCUT2D eigenvalue weighted by molar-refractivity contribution is -0.165. The summed E-state index contributed by atoms with van der Waals surface area (Å²) in [4.78, 5) is 24.8. The highest BCUT2D eigenvalue weighted by atomic mass is 16.6. The fourth-order valence-corrected chi connectivity index (χ4v) is 4.14. The highest BCUT2D eigenvalue weighted by molar-refractivity contribution is 5.77. The predicted molar refractivity (Wildman–Crippen MR) is 98.9 cm³/mol. The number of rotatable bonds is 6. The zero-order chi connectivity index (χ0) is 19.9. The first kappa shape index (κ1) is 20.6. The Kier molecular flexibility index (Phi) is 5.61. The number of carbonyl (C=O) groups is 2. The molecule has 3 unspecified atom stereocenters. The van der Waals surface area contributed by atoms with Crippen LogP contribution in [0.4, 0.5) is 0 Å². The van der Waals surface area contributed by atoms with Crippen molar-refractivity contribution in [3.63, 3.8) is 0 Å². The minimum absolute atomic E-state index is 0.0214. The van der Waals surface area contributed by atoms with Gasteiger partial charge in [0.15, 0.2) is 0 Å². The largest absolute Gasteiger partial charge is 0.465 e. The first-order valence-electron chi connectivity index (χ1n) is 10.2. The van der Waals surface area contributed by atoms with Crippen molar-refractivity contribution in [2.45, 2.75) is 89.9 Å². The van der Waals surface area contributed by atoms with Gasteiger partial charge < -0.3 is 19.3 Å². The fourth-order valence-electron chi connectivity index (χ4n) is 4.14. The summed E-state index contributed by atoms with van der Waals surface area (Å²) >= 11 is 0. The van der Waals surface area contributed by atoms with E-state index in [0.717, 1.165) is 38.5 Å². The molecule has 3 fully saturated rings. The standard InChI is InChI=1S/C21H34O6/c1-19(2,18(23)25-12-14-5-8-20(3,24)9-6-14)13-26-17(22)15-7-10-21(4)16(11-15)27-21/h14-16,24H,5-13H2,1-4H3. The zero-order valence-corrected chi connectivity index (χ0v) is 17.1. The van der Waals surface area contributed by atoms with Gasteiger partial charge in [-0.15, -0.1) is 0 Å². The molecule has 0 aromatic rings. The maximum atomic E-state index is 12.4. The third-order valence-electron chi connectivity index (χ3n) is 6.62. The van der Waals surface area contributed by atoms with Gasteiger partial charge in [-0.05, 0) is 78.6 Å².